The van der Waals surface area contributed by atoms with Gasteiger partial charge in [0.2, 0.25) is 10.0 Å². The molecule has 0 amide bonds. The van der Waals surface area contributed by atoms with Crippen molar-refractivity contribution in [3.05, 3.63) is 27.7 Å². The van der Waals surface area contributed by atoms with Crippen molar-refractivity contribution in [3.8, 4) is 0 Å². The minimum Gasteiger partial charge on any atom is -0.329 e. The van der Waals surface area contributed by atoms with Crippen molar-refractivity contribution < 1.29 is 8.42 Å². The summed E-state index contributed by atoms with van der Waals surface area (Å²) in [5.41, 5.74) is 5.51. The lowest BCUT2D eigenvalue weighted by Crippen LogP contribution is -2.49. The van der Waals surface area contributed by atoms with E-state index in [-0.39, 0.29) is 9.92 Å². The van der Waals surface area contributed by atoms with E-state index in [1.165, 1.54) is 10.4 Å². The van der Waals surface area contributed by atoms with Gasteiger partial charge in [-0.15, -0.1) is 0 Å². The zero-order valence-electron chi connectivity index (χ0n) is 10.9. The van der Waals surface area contributed by atoms with Crippen LogP contribution in [0.4, 0.5) is 0 Å². The number of benzene rings is 1. The van der Waals surface area contributed by atoms with Crippen LogP contribution in [0.1, 0.15) is 0 Å². The zero-order valence-corrected chi connectivity index (χ0v) is 14.1. The molecule has 1 fully saturated rings. The Kier molecular flexibility index (Phi) is 5.44. The molecule has 1 aliphatic rings. The SMILES string of the molecule is NCCN1CCN(S(=O)(=O)c2ccc(Br)cc2Cl)CC1. The standard InChI is InChI=1S/C12H17BrClN3O2S/c13-10-1-2-12(11(14)9-10)20(18,19)17-7-5-16(4-3-15)6-8-17/h1-2,9H,3-8,15H2. The molecule has 1 saturated heterocycles. The van der Waals surface area contributed by atoms with Crippen LogP contribution in [0.5, 0.6) is 0 Å². The highest BCUT2D eigenvalue weighted by Crippen LogP contribution is 2.28. The van der Waals surface area contributed by atoms with Gasteiger partial charge in [0.15, 0.2) is 0 Å². The first-order chi connectivity index (χ1) is 9.45. The van der Waals surface area contributed by atoms with Crippen LogP contribution in [0.2, 0.25) is 5.02 Å². The highest BCUT2D eigenvalue weighted by Gasteiger charge is 2.29. The van der Waals surface area contributed by atoms with E-state index in [1.54, 1.807) is 12.1 Å². The van der Waals surface area contributed by atoms with E-state index in [2.05, 4.69) is 20.8 Å². The van der Waals surface area contributed by atoms with Crippen LogP contribution < -0.4 is 5.73 Å². The summed E-state index contributed by atoms with van der Waals surface area (Å²) < 4.78 is 27.4. The molecule has 2 N–H and O–H groups in total. The van der Waals surface area contributed by atoms with E-state index < -0.39 is 10.0 Å². The lowest BCUT2D eigenvalue weighted by Gasteiger charge is -2.33. The fourth-order valence-electron chi connectivity index (χ4n) is 2.20. The molecule has 2 rings (SSSR count). The first kappa shape index (κ1) is 16.2. The maximum Gasteiger partial charge on any atom is 0.244 e. The summed E-state index contributed by atoms with van der Waals surface area (Å²) in [6.45, 7) is 3.72. The van der Waals surface area contributed by atoms with E-state index in [0.29, 0.717) is 32.7 Å². The van der Waals surface area contributed by atoms with Gasteiger partial charge in [-0.1, -0.05) is 27.5 Å². The van der Waals surface area contributed by atoms with E-state index in [0.717, 1.165) is 11.0 Å². The Balaban J connectivity index is 2.15. The van der Waals surface area contributed by atoms with Gasteiger partial charge in [-0.3, -0.25) is 4.90 Å². The van der Waals surface area contributed by atoms with Crippen molar-refractivity contribution in [3.63, 3.8) is 0 Å². The van der Waals surface area contributed by atoms with Crippen molar-refractivity contribution in [2.24, 2.45) is 5.73 Å². The molecule has 0 radical (unpaired) electrons. The Hall–Kier alpha value is -0.180. The van der Waals surface area contributed by atoms with Crippen LogP contribution in [0.15, 0.2) is 27.6 Å². The Morgan fingerprint density at radius 1 is 1.25 bits per heavy atom. The normalized spacial score (nSPS) is 18.4. The molecular formula is C12H17BrClN3O2S. The predicted molar refractivity (Wildman–Crippen MR) is 83.4 cm³/mol. The minimum atomic E-state index is -3.53. The van der Waals surface area contributed by atoms with Gasteiger partial charge in [-0.25, -0.2) is 8.42 Å². The van der Waals surface area contributed by atoms with Gasteiger partial charge in [0, 0.05) is 43.7 Å². The second-order valence-corrected chi connectivity index (χ2v) is 7.84. The molecule has 0 bridgehead atoms. The van der Waals surface area contributed by atoms with E-state index in [1.807, 2.05) is 0 Å². The van der Waals surface area contributed by atoms with Crippen LogP contribution in [0.25, 0.3) is 0 Å². The smallest absolute Gasteiger partial charge is 0.244 e. The number of hydrogen-bond acceptors (Lipinski definition) is 4. The Morgan fingerprint density at radius 2 is 1.90 bits per heavy atom. The quantitative estimate of drug-likeness (QED) is 0.854. The molecule has 5 nitrogen and oxygen atoms in total. The number of nitrogens with zero attached hydrogens (tertiary/aromatic N) is 2. The predicted octanol–water partition coefficient (Wildman–Crippen LogP) is 1.37. The molecule has 0 aromatic heterocycles. The van der Waals surface area contributed by atoms with Crippen molar-refractivity contribution in [1.29, 1.82) is 0 Å². The average Bonchev–Trinajstić information content (AvgIpc) is 2.39. The number of piperazine rings is 1. The Morgan fingerprint density at radius 3 is 2.45 bits per heavy atom. The first-order valence-electron chi connectivity index (χ1n) is 6.33. The number of halogens is 2. The Labute approximate surface area is 132 Å². The summed E-state index contributed by atoms with van der Waals surface area (Å²) >= 11 is 9.32. The Bertz CT molecular complexity index is 574. The summed E-state index contributed by atoms with van der Waals surface area (Å²) in [6, 6.07) is 4.82. The third-order valence-electron chi connectivity index (χ3n) is 3.29. The largest absolute Gasteiger partial charge is 0.329 e. The van der Waals surface area contributed by atoms with Gasteiger partial charge < -0.3 is 5.73 Å². The molecule has 0 unspecified atom stereocenters. The van der Waals surface area contributed by atoms with Crippen LogP contribution in [0.3, 0.4) is 0 Å². The number of sulfonamides is 1. The molecule has 0 atom stereocenters. The summed E-state index contributed by atoms with van der Waals surface area (Å²) in [6.07, 6.45) is 0. The molecule has 0 spiro atoms. The van der Waals surface area contributed by atoms with Crippen LogP contribution in [-0.4, -0.2) is 56.9 Å². The molecule has 8 heteroatoms. The molecule has 0 saturated carbocycles. The fourth-order valence-corrected chi connectivity index (χ4v) is 4.63. The zero-order chi connectivity index (χ0) is 14.8. The van der Waals surface area contributed by atoms with Crippen LogP contribution >= 0.6 is 27.5 Å². The molecule has 1 aromatic carbocycles. The van der Waals surface area contributed by atoms with E-state index in [4.69, 9.17) is 17.3 Å². The van der Waals surface area contributed by atoms with Gasteiger partial charge in [0.1, 0.15) is 4.90 Å². The summed E-state index contributed by atoms with van der Waals surface area (Å²) in [4.78, 5) is 2.32. The number of rotatable bonds is 4. The monoisotopic (exact) mass is 381 g/mol. The van der Waals surface area contributed by atoms with Gasteiger partial charge in [-0.05, 0) is 18.2 Å². The van der Waals surface area contributed by atoms with Crippen LogP contribution in [-0.2, 0) is 10.0 Å². The number of nitrogens with two attached hydrogens (primary N) is 1. The van der Waals surface area contributed by atoms with Gasteiger partial charge in [-0.2, -0.15) is 4.31 Å². The number of hydrogen-bond donors (Lipinski definition) is 1. The van der Waals surface area contributed by atoms with Gasteiger partial charge in [0.05, 0.1) is 5.02 Å². The van der Waals surface area contributed by atoms with Gasteiger partial charge in [0.25, 0.3) is 0 Å². The molecule has 112 valence electrons. The second-order valence-electron chi connectivity index (χ2n) is 4.61. The third kappa shape index (κ3) is 3.52. The second kappa shape index (κ2) is 6.72. The van der Waals surface area contributed by atoms with Crippen molar-refractivity contribution >= 4 is 37.6 Å². The molecular weight excluding hydrogens is 366 g/mol. The van der Waals surface area contributed by atoms with Gasteiger partial charge >= 0.3 is 0 Å². The molecule has 1 heterocycles. The maximum absolute atomic E-state index is 12.6. The lowest BCUT2D eigenvalue weighted by atomic mass is 10.3. The van der Waals surface area contributed by atoms with Crippen LogP contribution in [0, 0.1) is 0 Å². The summed E-state index contributed by atoms with van der Waals surface area (Å²) in [5, 5.41) is 0.240. The minimum absolute atomic E-state index is 0.162. The maximum atomic E-state index is 12.6. The fraction of sp³-hybridized carbons (Fsp3) is 0.500. The topological polar surface area (TPSA) is 66.6 Å². The molecule has 20 heavy (non-hydrogen) atoms. The first-order valence-corrected chi connectivity index (χ1v) is 8.94. The highest BCUT2D eigenvalue weighted by atomic mass is 79.9. The summed E-state index contributed by atoms with van der Waals surface area (Å²) in [5.74, 6) is 0. The summed E-state index contributed by atoms with van der Waals surface area (Å²) in [7, 11) is -3.53. The molecule has 0 aliphatic carbocycles. The van der Waals surface area contributed by atoms with Crippen molar-refractivity contribution in [2.45, 2.75) is 4.90 Å². The highest BCUT2D eigenvalue weighted by molar-refractivity contribution is 9.10. The van der Waals surface area contributed by atoms with E-state index in [9.17, 15) is 8.42 Å². The lowest BCUT2D eigenvalue weighted by molar-refractivity contribution is 0.192. The third-order valence-corrected chi connectivity index (χ3v) is 6.16. The molecule has 1 aromatic rings. The average molecular weight is 383 g/mol. The van der Waals surface area contributed by atoms with Crippen molar-refractivity contribution in [1.82, 2.24) is 9.21 Å². The molecule has 1 aliphatic heterocycles. The van der Waals surface area contributed by atoms with E-state index >= 15 is 0 Å². The van der Waals surface area contributed by atoms with Crippen molar-refractivity contribution in [2.75, 3.05) is 39.3 Å².